The minimum atomic E-state index is -4.41. The number of anilines is 1. The van der Waals surface area contributed by atoms with Crippen molar-refractivity contribution in [1.29, 1.82) is 0 Å². The van der Waals surface area contributed by atoms with Crippen LogP contribution >= 0.6 is 0 Å². The molecule has 1 aliphatic carbocycles. The Bertz CT molecular complexity index is 1050. The van der Waals surface area contributed by atoms with Crippen LogP contribution in [0.2, 0.25) is 0 Å². The second kappa shape index (κ2) is 9.63. The van der Waals surface area contributed by atoms with Gasteiger partial charge < -0.3 is 14.6 Å². The maximum absolute atomic E-state index is 13.9. The fraction of sp³-hybridized carbons (Fsp3) is 0.450. The average molecular weight is 475 g/mol. The van der Waals surface area contributed by atoms with Gasteiger partial charge in [0.05, 0.1) is 16.7 Å². The Morgan fingerprint density at radius 2 is 1.84 bits per heavy atom. The highest BCUT2D eigenvalue weighted by molar-refractivity contribution is 7.93. The predicted octanol–water partition coefficient (Wildman–Crippen LogP) is 2.73. The molecule has 0 radical (unpaired) electrons. The molecule has 0 fully saturated rings. The Balaban J connectivity index is 2.24. The van der Waals surface area contributed by atoms with E-state index in [1.165, 1.54) is 26.8 Å². The van der Waals surface area contributed by atoms with E-state index >= 15 is 0 Å². The summed E-state index contributed by atoms with van der Waals surface area (Å²) in [5.41, 5.74) is -1.99. The van der Waals surface area contributed by atoms with Crippen molar-refractivity contribution in [2.45, 2.75) is 51.6 Å². The van der Waals surface area contributed by atoms with Gasteiger partial charge in [0.25, 0.3) is 0 Å². The van der Waals surface area contributed by atoms with Gasteiger partial charge in [0.15, 0.2) is 0 Å². The van der Waals surface area contributed by atoms with Crippen molar-refractivity contribution in [2.75, 3.05) is 4.72 Å². The number of rotatable bonds is 7. The van der Waals surface area contributed by atoms with Crippen LogP contribution in [-0.4, -0.2) is 43.0 Å². The Kier molecular flexibility index (Phi) is 7.60. The number of esters is 2. The van der Waals surface area contributed by atoms with Gasteiger partial charge in [-0.1, -0.05) is 6.08 Å². The number of carboxylic acid groups (broad SMARTS) is 1. The smallest absolute Gasteiger partial charge is 0.387 e. The molecule has 2 unspecified atom stereocenters. The van der Waals surface area contributed by atoms with Crippen molar-refractivity contribution in [3.63, 3.8) is 0 Å². The number of carboxylic acids is 1. The van der Waals surface area contributed by atoms with Crippen molar-refractivity contribution in [2.24, 2.45) is 5.41 Å². The molecule has 1 aliphatic rings. The second-order valence-corrected chi connectivity index (χ2v) is 9.94. The standard InChI is InChI=1S/C20H23F2NO8S/c1-20(2,3)19(27)31-18(16(24)25)30-17(26)12-6-4-5-7-15(12)32(28,29)23-14-9-8-11(21)10-13(14)22/h6,8-10,15,18,23H,4-5,7H2,1-3H3,(H,24,25). The molecule has 2 N–H and O–H groups in total. The molecule has 0 aromatic heterocycles. The van der Waals surface area contributed by atoms with Crippen molar-refractivity contribution in [3.8, 4) is 0 Å². The lowest BCUT2D eigenvalue weighted by Gasteiger charge is -2.25. The van der Waals surface area contributed by atoms with Gasteiger partial charge in [0.2, 0.25) is 10.0 Å². The molecule has 0 aliphatic heterocycles. The second-order valence-electron chi connectivity index (χ2n) is 8.08. The molecule has 0 amide bonds. The van der Waals surface area contributed by atoms with Crippen molar-refractivity contribution in [1.82, 2.24) is 0 Å². The normalized spacial score (nSPS) is 17.7. The first-order chi connectivity index (χ1) is 14.7. The lowest BCUT2D eigenvalue weighted by atomic mass is 9.97. The van der Waals surface area contributed by atoms with Gasteiger partial charge in [-0.05, 0) is 52.2 Å². The fourth-order valence-electron chi connectivity index (χ4n) is 2.75. The van der Waals surface area contributed by atoms with Gasteiger partial charge in [-0.2, -0.15) is 0 Å². The van der Waals surface area contributed by atoms with E-state index in [-0.39, 0.29) is 12.0 Å². The molecule has 9 nitrogen and oxygen atoms in total. The van der Waals surface area contributed by atoms with E-state index in [2.05, 4.69) is 0 Å². The minimum absolute atomic E-state index is 0.0431. The zero-order valence-corrected chi connectivity index (χ0v) is 18.4. The predicted molar refractivity (Wildman–Crippen MR) is 108 cm³/mol. The summed E-state index contributed by atoms with van der Waals surface area (Å²) in [6.45, 7) is 4.38. The summed E-state index contributed by atoms with van der Waals surface area (Å²) < 4.78 is 64.1. The Morgan fingerprint density at radius 1 is 1.19 bits per heavy atom. The number of aliphatic carboxylic acids is 1. The number of halogens is 2. The number of sulfonamides is 1. The number of carbonyl (C=O) groups is 3. The number of hydrogen-bond acceptors (Lipinski definition) is 7. The Hall–Kier alpha value is -3.02. The molecule has 1 aromatic rings. The van der Waals surface area contributed by atoms with Crippen LogP contribution in [0, 0.1) is 17.0 Å². The van der Waals surface area contributed by atoms with Crippen LogP contribution in [0.15, 0.2) is 29.8 Å². The van der Waals surface area contributed by atoms with E-state index < -0.39 is 62.2 Å². The highest BCUT2D eigenvalue weighted by Gasteiger charge is 2.39. The topological polar surface area (TPSA) is 136 Å². The van der Waals surface area contributed by atoms with E-state index in [1.807, 2.05) is 4.72 Å². The molecule has 176 valence electrons. The van der Waals surface area contributed by atoms with Gasteiger partial charge >= 0.3 is 24.2 Å². The minimum Gasteiger partial charge on any atom is -0.476 e. The molecule has 0 bridgehead atoms. The van der Waals surface area contributed by atoms with Gasteiger partial charge in [-0.3, -0.25) is 9.52 Å². The largest absolute Gasteiger partial charge is 0.476 e. The summed E-state index contributed by atoms with van der Waals surface area (Å²) in [6, 6.07) is 2.23. The van der Waals surface area contributed by atoms with Crippen LogP contribution in [0.4, 0.5) is 14.5 Å². The van der Waals surface area contributed by atoms with Gasteiger partial charge in [-0.25, -0.2) is 26.8 Å². The van der Waals surface area contributed by atoms with Gasteiger partial charge in [0, 0.05) is 6.07 Å². The van der Waals surface area contributed by atoms with E-state index in [9.17, 15) is 36.7 Å². The average Bonchev–Trinajstić information content (AvgIpc) is 2.68. The number of benzene rings is 1. The first-order valence-electron chi connectivity index (χ1n) is 9.54. The first kappa shape index (κ1) is 25.2. The molecule has 12 heteroatoms. The van der Waals surface area contributed by atoms with Crippen LogP contribution in [-0.2, 0) is 33.9 Å². The number of carbonyl (C=O) groups excluding carboxylic acids is 2. The summed E-state index contributed by atoms with van der Waals surface area (Å²) in [7, 11) is -4.41. The van der Waals surface area contributed by atoms with E-state index in [1.54, 1.807) is 0 Å². The lowest BCUT2D eigenvalue weighted by Crippen LogP contribution is -2.39. The van der Waals surface area contributed by atoms with Crippen LogP contribution in [0.25, 0.3) is 0 Å². The Labute approximate surface area is 183 Å². The summed E-state index contributed by atoms with van der Waals surface area (Å²) in [5.74, 6) is -6.09. The molecular formula is C20H23F2NO8S. The zero-order chi connectivity index (χ0) is 24.3. The maximum Gasteiger partial charge on any atom is 0.387 e. The first-order valence-corrected chi connectivity index (χ1v) is 11.1. The molecular weight excluding hydrogens is 452 g/mol. The van der Waals surface area contributed by atoms with Crippen molar-refractivity contribution in [3.05, 3.63) is 41.5 Å². The lowest BCUT2D eigenvalue weighted by molar-refractivity contribution is -0.203. The van der Waals surface area contributed by atoms with Crippen molar-refractivity contribution >= 4 is 33.6 Å². The third kappa shape index (κ3) is 6.25. The van der Waals surface area contributed by atoms with E-state index in [0.717, 1.165) is 12.1 Å². The fourth-order valence-corrected chi connectivity index (χ4v) is 4.36. The van der Waals surface area contributed by atoms with Crippen LogP contribution < -0.4 is 4.72 Å². The summed E-state index contributed by atoms with van der Waals surface area (Å²) in [6.07, 6.45) is -0.390. The summed E-state index contributed by atoms with van der Waals surface area (Å²) in [5, 5.41) is 7.73. The molecule has 2 atom stereocenters. The maximum atomic E-state index is 13.9. The monoisotopic (exact) mass is 475 g/mol. The van der Waals surface area contributed by atoms with Crippen LogP contribution in [0.5, 0.6) is 0 Å². The van der Waals surface area contributed by atoms with E-state index in [4.69, 9.17) is 9.47 Å². The highest BCUT2D eigenvalue weighted by Crippen LogP contribution is 2.29. The van der Waals surface area contributed by atoms with Crippen molar-refractivity contribution < 1.29 is 46.2 Å². The zero-order valence-electron chi connectivity index (χ0n) is 17.6. The summed E-state index contributed by atoms with van der Waals surface area (Å²) in [4.78, 5) is 36.0. The summed E-state index contributed by atoms with van der Waals surface area (Å²) >= 11 is 0. The molecule has 2 rings (SSSR count). The molecule has 0 saturated heterocycles. The molecule has 0 heterocycles. The quantitative estimate of drug-likeness (QED) is 0.454. The molecule has 32 heavy (non-hydrogen) atoms. The molecule has 0 spiro atoms. The van der Waals surface area contributed by atoms with Gasteiger partial charge in [0.1, 0.15) is 16.9 Å². The van der Waals surface area contributed by atoms with Gasteiger partial charge in [-0.15, -0.1) is 0 Å². The third-order valence-electron chi connectivity index (χ3n) is 4.42. The van der Waals surface area contributed by atoms with Crippen LogP contribution in [0.1, 0.15) is 40.0 Å². The number of hydrogen-bond donors (Lipinski definition) is 2. The SMILES string of the molecule is CC(C)(C)C(=O)OC(OC(=O)C1=CCCCC1S(=O)(=O)Nc1ccc(F)cc1F)C(=O)O. The van der Waals surface area contributed by atoms with Crippen LogP contribution in [0.3, 0.4) is 0 Å². The number of nitrogens with one attached hydrogen (secondary N) is 1. The third-order valence-corrected chi connectivity index (χ3v) is 6.16. The highest BCUT2D eigenvalue weighted by atomic mass is 32.2. The molecule has 0 saturated carbocycles. The van der Waals surface area contributed by atoms with E-state index in [0.29, 0.717) is 18.9 Å². The molecule has 1 aromatic carbocycles. The number of allylic oxidation sites excluding steroid dienone is 1. The number of ether oxygens (including phenoxy) is 2. The Morgan fingerprint density at radius 3 is 2.41 bits per heavy atom.